The molecule has 0 aliphatic rings. The number of ether oxygens (including phenoxy) is 2. The molecular weight excluding hydrogens is 373 g/mol. The van der Waals surface area contributed by atoms with Gasteiger partial charge in [-0.1, -0.05) is 13.3 Å². The highest BCUT2D eigenvalue weighted by Crippen LogP contribution is 2.33. The maximum absolute atomic E-state index is 12.7. The van der Waals surface area contributed by atoms with Crippen molar-refractivity contribution in [3.8, 4) is 17.2 Å². The Morgan fingerprint density at radius 1 is 1.11 bits per heavy atom. The number of aliphatic carboxylic acids is 1. The number of rotatable bonds is 9. The number of carboxylic acid groups (broad SMARTS) is 1. The van der Waals surface area contributed by atoms with Gasteiger partial charge in [0.2, 0.25) is 0 Å². The molecule has 7 heteroatoms. The number of benzene rings is 2. The van der Waals surface area contributed by atoms with Crippen LogP contribution in [0.2, 0.25) is 0 Å². The van der Waals surface area contributed by atoms with Crippen LogP contribution < -0.4 is 14.6 Å². The second-order valence-electron chi connectivity index (χ2n) is 6.48. The van der Waals surface area contributed by atoms with Crippen molar-refractivity contribution in [1.29, 1.82) is 0 Å². The Kier molecular flexibility index (Phi) is 7.31. The third kappa shape index (κ3) is 6.48. The molecule has 0 aromatic heterocycles. The van der Waals surface area contributed by atoms with Crippen LogP contribution >= 0.6 is 0 Å². The number of hydrogen-bond donors (Lipinski definition) is 0. The van der Waals surface area contributed by atoms with Gasteiger partial charge in [-0.3, -0.25) is 0 Å². The first-order valence-electron chi connectivity index (χ1n) is 9.03. The lowest BCUT2D eigenvalue weighted by atomic mass is 10.1. The van der Waals surface area contributed by atoms with Crippen molar-refractivity contribution in [1.82, 2.24) is 0 Å². The van der Waals surface area contributed by atoms with Crippen LogP contribution in [-0.2, 0) is 17.4 Å². The van der Waals surface area contributed by atoms with Crippen molar-refractivity contribution in [2.75, 3.05) is 0 Å². The van der Waals surface area contributed by atoms with Crippen molar-refractivity contribution < 1.29 is 32.5 Å². The van der Waals surface area contributed by atoms with E-state index in [1.807, 2.05) is 6.92 Å². The van der Waals surface area contributed by atoms with Gasteiger partial charge in [-0.25, -0.2) is 0 Å². The smallest absolute Gasteiger partial charge is 0.416 e. The van der Waals surface area contributed by atoms with E-state index < -0.39 is 17.7 Å². The third-order valence-electron chi connectivity index (χ3n) is 4.05. The molecule has 1 unspecified atom stereocenters. The largest absolute Gasteiger partial charge is 0.550 e. The van der Waals surface area contributed by atoms with E-state index in [1.54, 1.807) is 25.1 Å². The van der Waals surface area contributed by atoms with Gasteiger partial charge in [0.05, 0.1) is 11.7 Å². The molecule has 0 heterocycles. The minimum atomic E-state index is -4.39. The summed E-state index contributed by atoms with van der Waals surface area (Å²) >= 11 is 0. The molecule has 0 bridgehead atoms. The molecule has 0 amide bonds. The summed E-state index contributed by atoms with van der Waals surface area (Å²) in [5.41, 5.74) is 0.120. The van der Waals surface area contributed by atoms with Gasteiger partial charge < -0.3 is 19.4 Å². The highest BCUT2D eigenvalue weighted by molar-refractivity contribution is 5.64. The van der Waals surface area contributed by atoms with Gasteiger partial charge in [0.1, 0.15) is 17.2 Å². The number of aryl methyl sites for hydroxylation is 1. The lowest BCUT2D eigenvalue weighted by Gasteiger charge is -2.17. The highest BCUT2D eigenvalue weighted by Gasteiger charge is 2.30. The Hall–Kier alpha value is -2.70. The minimum Gasteiger partial charge on any atom is -0.550 e. The molecule has 0 aliphatic carbocycles. The number of carboxylic acids is 1. The number of carbonyl (C=O) groups excluding carboxylic acids is 1. The molecule has 4 nitrogen and oxygen atoms in total. The fourth-order valence-electron chi connectivity index (χ4n) is 2.64. The zero-order valence-electron chi connectivity index (χ0n) is 15.7. The van der Waals surface area contributed by atoms with E-state index in [-0.39, 0.29) is 12.5 Å². The first-order chi connectivity index (χ1) is 13.2. The second-order valence-corrected chi connectivity index (χ2v) is 6.48. The fourth-order valence-corrected chi connectivity index (χ4v) is 2.64. The van der Waals surface area contributed by atoms with Crippen molar-refractivity contribution in [2.45, 2.75) is 51.8 Å². The summed E-state index contributed by atoms with van der Waals surface area (Å²) in [4.78, 5) is 10.5. The van der Waals surface area contributed by atoms with Crippen molar-refractivity contribution in [3.63, 3.8) is 0 Å². The molecule has 2 aromatic rings. The Morgan fingerprint density at radius 2 is 1.75 bits per heavy atom. The molecular formula is C21H22F3O4-. The highest BCUT2D eigenvalue weighted by atomic mass is 19.4. The fraction of sp³-hybridized carbons (Fsp3) is 0.381. The van der Waals surface area contributed by atoms with Gasteiger partial charge in [0, 0.05) is 5.97 Å². The summed E-state index contributed by atoms with van der Waals surface area (Å²) in [5, 5.41) is 10.5. The maximum atomic E-state index is 12.7. The zero-order valence-corrected chi connectivity index (χ0v) is 15.7. The summed E-state index contributed by atoms with van der Waals surface area (Å²) in [6, 6.07) is 9.71. The normalized spacial score (nSPS) is 12.5. The van der Waals surface area contributed by atoms with Crippen LogP contribution in [0.15, 0.2) is 42.5 Å². The van der Waals surface area contributed by atoms with E-state index in [1.165, 1.54) is 12.1 Å². The standard InChI is InChI=1S/C21H23F3O4/c1-3-4-15-13-18(27-14(2)5-12-20(25)26)10-11-19(15)28-17-8-6-16(7-9-17)21(22,23)24/h6-11,13-14H,3-5,12H2,1-2H3,(H,25,26)/p-1. The predicted molar refractivity (Wildman–Crippen MR) is 96.3 cm³/mol. The molecule has 2 aromatic carbocycles. The van der Waals surface area contributed by atoms with Crippen LogP contribution in [0.3, 0.4) is 0 Å². The molecule has 0 radical (unpaired) electrons. The first-order valence-corrected chi connectivity index (χ1v) is 9.03. The Labute approximate surface area is 161 Å². The third-order valence-corrected chi connectivity index (χ3v) is 4.05. The topological polar surface area (TPSA) is 58.6 Å². The van der Waals surface area contributed by atoms with Crippen LogP contribution in [0.25, 0.3) is 0 Å². The average Bonchev–Trinajstić information content (AvgIpc) is 2.62. The Bertz CT molecular complexity index is 785. The lowest BCUT2D eigenvalue weighted by molar-refractivity contribution is -0.306. The van der Waals surface area contributed by atoms with Gasteiger partial charge >= 0.3 is 6.18 Å². The van der Waals surface area contributed by atoms with Crippen molar-refractivity contribution in [3.05, 3.63) is 53.6 Å². The second kappa shape index (κ2) is 9.48. The Morgan fingerprint density at radius 3 is 2.32 bits per heavy atom. The molecule has 2 rings (SSSR count). The monoisotopic (exact) mass is 395 g/mol. The molecule has 0 fully saturated rings. The molecule has 0 saturated carbocycles. The molecule has 1 atom stereocenters. The van der Waals surface area contributed by atoms with Gasteiger partial charge in [-0.05, 0) is 74.2 Å². The summed E-state index contributed by atoms with van der Waals surface area (Å²) in [5.74, 6) is 0.300. The number of alkyl halides is 3. The molecule has 0 saturated heterocycles. The van der Waals surface area contributed by atoms with Crippen LogP contribution in [0.5, 0.6) is 17.2 Å². The summed E-state index contributed by atoms with van der Waals surface area (Å²) < 4.78 is 49.5. The average molecular weight is 395 g/mol. The van der Waals surface area contributed by atoms with Crippen molar-refractivity contribution >= 4 is 5.97 Å². The van der Waals surface area contributed by atoms with E-state index in [4.69, 9.17) is 9.47 Å². The number of hydrogen-bond acceptors (Lipinski definition) is 4. The van der Waals surface area contributed by atoms with Crippen LogP contribution in [-0.4, -0.2) is 12.1 Å². The van der Waals surface area contributed by atoms with E-state index in [0.717, 1.165) is 24.1 Å². The Balaban J connectivity index is 2.12. The first kappa shape index (κ1) is 21.6. The van der Waals surface area contributed by atoms with E-state index in [0.29, 0.717) is 30.1 Å². The van der Waals surface area contributed by atoms with Gasteiger partial charge in [-0.2, -0.15) is 13.2 Å². The van der Waals surface area contributed by atoms with E-state index >= 15 is 0 Å². The van der Waals surface area contributed by atoms with Gasteiger partial charge in [0.15, 0.2) is 0 Å². The summed E-state index contributed by atoms with van der Waals surface area (Å²) in [6.45, 7) is 3.77. The molecule has 152 valence electrons. The summed E-state index contributed by atoms with van der Waals surface area (Å²) in [7, 11) is 0. The van der Waals surface area contributed by atoms with E-state index in [9.17, 15) is 23.1 Å². The lowest BCUT2D eigenvalue weighted by Crippen LogP contribution is -2.24. The SMILES string of the molecule is CCCc1cc(OC(C)CCC(=O)[O-])ccc1Oc1ccc(C(F)(F)F)cc1. The zero-order chi connectivity index (χ0) is 20.7. The number of carbonyl (C=O) groups is 1. The van der Waals surface area contributed by atoms with Crippen LogP contribution in [0.1, 0.15) is 44.2 Å². The van der Waals surface area contributed by atoms with E-state index in [2.05, 4.69) is 0 Å². The molecule has 0 spiro atoms. The van der Waals surface area contributed by atoms with Crippen LogP contribution in [0, 0.1) is 0 Å². The predicted octanol–water partition coefficient (Wildman–Crippen LogP) is 4.75. The quantitative estimate of drug-likeness (QED) is 0.615. The van der Waals surface area contributed by atoms with Crippen LogP contribution in [0.4, 0.5) is 13.2 Å². The number of halogens is 3. The molecule has 28 heavy (non-hydrogen) atoms. The molecule has 0 N–H and O–H groups in total. The minimum absolute atomic E-state index is 0.0852. The van der Waals surface area contributed by atoms with Gasteiger partial charge in [0.25, 0.3) is 0 Å². The van der Waals surface area contributed by atoms with Gasteiger partial charge in [-0.15, -0.1) is 0 Å². The van der Waals surface area contributed by atoms with Crippen molar-refractivity contribution in [2.24, 2.45) is 0 Å². The summed E-state index contributed by atoms with van der Waals surface area (Å²) in [6.07, 6.45) is -2.91. The molecule has 0 aliphatic heterocycles. The maximum Gasteiger partial charge on any atom is 0.416 e.